The number of hydrogen-bond donors (Lipinski definition) is 8. The number of nitrogens with one attached hydrogen (secondary N) is 5. The Bertz CT molecular complexity index is 1040. The number of carboxylic acid groups (broad SMARTS) is 1. The first-order valence-electron chi connectivity index (χ1n) is 16.9. The Kier molecular flexibility index (Phi) is 20.6. The van der Waals surface area contributed by atoms with Crippen molar-refractivity contribution in [2.24, 2.45) is 35.3 Å². The smallest absolute Gasteiger partial charge is 0.326 e. The second-order valence-electron chi connectivity index (χ2n) is 13.9. The fourth-order valence-corrected chi connectivity index (χ4v) is 5.06. The molecule has 0 aliphatic heterocycles. The quantitative estimate of drug-likeness (QED) is 0.0788. The number of amides is 5. The van der Waals surface area contributed by atoms with Crippen molar-refractivity contribution in [2.75, 3.05) is 5.75 Å². The van der Waals surface area contributed by atoms with Gasteiger partial charge >= 0.3 is 5.97 Å². The molecule has 0 aliphatic rings. The molecule has 8 atom stereocenters. The largest absolute Gasteiger partial charge is 0.480 e. The van der Waals surface area contributed by atoms with Crippen molar-refractivity contribution in [3.8, 4) is 0 Å². The van der Waals surface area contributed by atoms with E-state index in [2.05, 4.69) is 39.2 Å². The molecule has 0 heterocycles. The highest BCUT2D eigenvalue weighted by molar-refractivity contribution is 7.80. The molecule has 0 fully saturated rings. The molecule has 0 saturated heterocycles. The van der Waals surface area contributed by atoms with E-state index in [1.54, 1.807) is 6.92 Å². The number of rotatable bonds is 22. The van der Waals surface area contributed by atoms with Gasteiger partial charge < -0.3 is 37.4 Å². The van der Waals surface area contributed by atoms with Crippen LogP contribution in [0.1, 0.15) is 101 Å². The lowest BCUT2D eigenvalue weighted by Crippen LogP contribution is -2.61. The molecule has 5 amide bonds. The highest BCUT2D eigenvalue weighted by Crippen LogP contribution is 2.15. The molecule has 0 aromatic carbocycles. The van der Waals surface area contributed by atoms with Crippen LogP contribution in [0.25, 0.3) is 0 Å². The summed E-state index contributed by atoms with van der Waals surface area (Å²) in [6, 6.07) is -6.08. The number of carbonyl (C=O) groups excluding carboxylic acids is 5. The van der Waals surface area contributed by atoms with Crippen LogP contribution < -0.4 is 32.3 Å². The summed E-state index contributed by atoms with van der Waals surface area (Å²) in [6.07, 6.45) is 1.82. The molecule has 13 nitrogen and oxygen atoms in total. The van der Waals surface area contributed by atoms with Gasteiger partial charge in [-0.25, -0.2) is 4.79 Å². The van der Waals surface area contributed by atoms with Crippen LogP contribution in [-0.4, -0.2) is 82.6 Å². The van der Waals surface area contributed by atoms with Crippen LogP contribution in [0.5, 0.6) is 0 Å². The van der Waals surface area contributed by atoms with Crippen molar-refractivity contribution in [1.82, 2.24) is 26.6 Å². The Morgan fingerprint density at radius 3 is 1.19 bits per heavy atom. The lowest BCUT2D eigenvalue weighted by molar-refractivity contribution is -0.143. The van der Waals surface area contributed by atoms with Gasteiger partial charge in [0.25, 0.3) is 0 Å². The van der Waals surface area contributed by atoms with Crippen LogP contribution in [0.4, 0.5) is 0 Å². The molecule has 14 heteroatoms. The first-order chi connectivity index (χ1) is 21.8. The highest BCUT2D eigenvalue weighted by atomic mass is 32.1. The molecule has 0 bridgehead atoms. The van der Waals surface area contributed by atoms with Gasteiger partial charge in [0.1, 0.15) is 30.2 Å². The number of carboxylic acids is 1. The molecule has 0 spiro atoms. The van der Waals surface area contributed by atoms with Crippen LogP contribution in [0.2, 0.25) is 0 Å². The summed E-state index contributed by atoms with van der Waals surface area (Å²) in [5.41, 5.74) is 5.81. The fourth-order valence-electron chi connectivity index (χ4n) is 4.89. The SMILES string of the molecule is CC[C@H](C)[C@H](NC(=O)[C@H](CC(C)C)NC(=O)[C@@H](NC(=O)[C@@H](N)CS)[C@@H](C)CC)C(=O)N[C@@H](CC(C)C)C(=O)N[C@@H](CC(C)C)C(=O)O. The lowest BCUT2D eigenvalue weighted by Gasteiger charge is -2.31. The van der Waals surface area contributed by atoms with E-state index in [-0.39, 0.29) is 54.6 Å². The van der Waals surface area contributed by atoms with E-state index in [9.17, 15) is 33.9 Å². The number of hydrogen-bond acceptors (Lipinski definition) is 8. The first kappa shape index (κ1) is 44.1. The number of carbonyl (C=O) groups is 6. The van der Waals surface area contributed by atoms with Crippen molar-refractivity contribution in [3.05, 3.63) is 0 Å². The van der Waals surface area contributed by atoms with E-state index in [0.29, 0.717) is 12.8 Å². The van der Waals surface area contributed by atoms with E-state index in [4.69, 9.17) is 5.73 Å². The molecule has 0 aromatic heterocycles. The Balaban J connectivity index is 6.17. The van der Waals surface area contributed by atoms with Crippen molar-refractivity contribution in [3.63, 3.8) is 0 Å². The topological polar surface area (TPSA) is 209 Å². The Labute approximate surface area is 286 Å². The van der Waals surface area contributed by atoms with Crippen molar-refractivity contribution in [1.29, 1.82) is 0 Å². The predicted octanol–water partition coefficient (Wildman–Crippen LogP) is 1.98. The summed E-state index contributed by atoms with van der Waals surface area (Å²) in [6.45, 7) is 18.6. The number of nitrogens with two attached hydrogens (primary N) is 1. The summed E-state index contributed by atoms with van der Waals surface area (Å²) >= 11 is 4.06. The third-order valence-electron chi connectivity index (χ3n) is 8.12. The van der Waals surface area contributed by atoms with Gasteiger partial charge in [0.15, 0.2) is 0 Å². The van der Waals surface area contributed by atoms with Gasteiger partial charge in [-0.1, -0.05) is 82.1 Å². The summed E-state index contributed by atoms with van der Waals surface area (Å²) in [7, 11) is 0. The molecular formula is C33H62N6O7S. The van der Waals surface area contributed by atoms with E-state index in [1.165, 1.54) is 0 Å². The van der Waals surface area contributed by atoms with Crippen molar-refractivity contribution >= 4 is 48.1 Å². The summed E-state index contributed by atoms with van der Waals surface area (Å²) in [5.74, 6) is -4.56. The predicted molar refractivity (Wildman–Crippen MR) is 186 cm³/mol. The van der Waals surface area contributed by atoms with Gasteiger partial charge in [0, 0.05) is 5.75 Å². The summed E-state index contributed by atoms with van der Waals surface area (Å²) < 4.78 is 0. The molecule has 0 saturated carbocycles. The van der Waals surface area contributed by atoms with Gasteiger partial charge in [-0.15, -0.1) is 0 Å². The maximum atomic E-state index is 13.7. The van der Waals surface area contributed by atoms with Gasteiger partial charge in [-0.2, -0.15) is 12.6 Å². The summed E-state index contributed by atoms with van der Waals surface area (Å²) in [4.78, 5) is 78.5. The van der Waals surface area contributed by atoms with Gasteiger partial charge in [-0.05, 0) is 48.9 Å². The van der Waals surface area contributed by atoms with Crippen LogP contribution in [0, 0.1) is 29.6 Å². The zero-order valence-corrected chi connectivity index (χ0v) is 30.9. The highest BCUT2D eigenvalue weighted by Gasteiger charge is 2.35. The molecular weight excluding hydrogens is 624 g/mol. The zero-order valence-electron chi connectivity index (χ0n) is 30.0. The van der Waals surface area contributed by atoms with E-state index in [1.807, 2.05) is 62.3 Å². The normalized spacial score (nSPS) is 16.7. The second kappa shape index (κ2) is 21.9. The van der Waals surface area contributed by atoms with E-state index >= 15 is 0 Å². The van der Waals surface area contributed by atoms with Crippen molar-refractivity contribution < 1.29 is 33.9 Å². The van der Waals surface area contributed by atoms with Crippen LogP contribution in [-0.2, 0) is 28.8 Å². The van der Waals surface area contributed by atoms with Crippen LogP contribution in [0.3, 0.4) is 0 Å². The van der Waals surface area contributed by atoms with Crippen LogP contribution >= 0.6 is 12.6 Å². The Morgan fingerprint density at radius 2 is 0.872 bits per heavy atom. The molecule has 0 rings (SSSR count). The monoisotopic (exact) mass is 686 g/mol. The average Bonchev–Trinajstić information content (AvgIpc) is 2.98. The summed E-state index contributed by atoms with van der Waals surface area (Å²) in [5, 5.41) is 23.2. The van der Waals surface area contributed by atoms with Crippen molar-refractivity contribution in [2.45, 2.75) is 138 Å². The van der Waals surface area contributed by atoms with Gasteiger partial charge in [0.2, 0.25) is 29.5 Å². The molecule has 0 aromatic rings. The van der Waals surface area contributed by atoms with E-state index < -0.39 is 71.8 Å². The molecule has 272 valence electrons. The first-order valence-corrected chi connectivity index (χ1v) is 17.5. The van der Waals surface area contributed by atoms with Gasteiger partial charge in [-0.3, -0.25) is 24.0 Å². The third kappa shape index (κ3) is 16.2. The Morgan fingerprint density at radius 1 is 0.553 bits per heavy atom. The Hall–Kier alpha value is -2.87. The average molecular weight is 687 g/mol. The van der Waals surface area contributed by atoms with Gasteiger partial charge in [0.05, 0.1) is 6.04 Å². The molecule has 0 aliphatic carbocycles. The fraction of sp³-hybridized carbons (Fsp3) is 0.818. The lowest BCUT2D eigenvalue weighted by atomic mass is 9.94. The standard InChI is InChI=1S/C33H62N6O7S/c1-11-20(9)26(38-28(40)22(34)16-47)31(43)36-24(14-18(5)6)30(42)39-27(21(10)12-2)32(44)35-23(13-17(3)4)29(41)37-25(33(45)46)15-19(7)8/h17-27,47H,11-16,34H2,1-10H3,(H,35,44)(H,36,43)(H,37,41)(H,38,40)(H,39,42)(H,45,46)/t20-,21-,22-,23-,24-,25-,26-,27-/m0/s1. The minimum absolute atomic E-state index is 0.0108. The number of aliphatic carboxylic acids is 1. The van der Waals surface area contributed by atoms with E-state index in [0.717, 1.165) is 0 Å². The maximum absolute atomic E-state index is 13.7. The molecule has 47 heavy (non-hydrogen) atoms. The third-order valence-corrected chi connectivity index (χ3v) is 8.52. The van der Waals surface area contributed by atoms with Crippen LogP contribution in [0.15, 0.2) is 0 Å². The molecule has 0 unspecified atom stereocenters. The number of thiol groups is 1. The second-order valence-corrected chi connectivity index (χ2v) is 14.3. The minimum atomic E-state index is -1.16. The molecule has 8 N–H and O–H groups in total. The minimum Gasteiger partial charge on any atom is -0.480 e. The zero-order chi connectivity index (χ0) is 36.6. The molecule has 0 radical (unpaired) electrons. The maximum Gasteiger partial charge on any atom is 0.326 e.